The number of rotatable bonds is 1. The van der Waals surface area contributed by atoms with E-state index in [-0.39, 0.29) is 0 Å². The normalized spacial score (nSPS) is 17.3. The predicted octanol–water partition coefficient (Wildman–Crippen LogP) is -0.925. The zero-order chi connectivity index (χ0) is 6.69. The third kappa shape index (κ3) is 2.25. The van der Waals surface area contributed by atoms with E-state index in [1.54, 1.807) is 0 Å². The molecule has 0 aromatic rings. The number of hydrogen-bond acceptors (Lipinski definition) is 5. The van der Waals surface area contributed by atoms with Crippen molar-refractivity contribution in [3.63, 3.8) is 0 Å². The van der Waals surface area contributed by atoms with Crippen LogP contribution in [0, 0.1) is 0 Å². The van der Waals surface area contributed by atoms with E-state index in [0.29, 0.717) is 11.8 Å². The predicted molar refractivity (Wildman–Crippen MR) is 36.0 cm³/mol. The van der Waals surface area contributed by atoms with Crippen LogP contribution in [0.5, 0.6) is 0 Å². The minimum absolute atomic E-state index is 0.366. The van der Waals surface area contributed by atoms with Crippen molar-refractivity contribution in [1.29, 1.82) is 0 Å². The Morgan fingerprint density at radius 2 is 2.44 bits per heavy atom. The van der Waals surface area contributed by atoms with Crippen LogP contribution < -0.4 is 0 Å². The summed E-state index contributed by atoms with van der Waals surface area (Å²) in [7, 11) is -1.73. The van der Waals surface area contributed by atoms with Crippen molar-refractivity contribution >= 4 is 24.3 Å². The molecule has 0 saturated heterocycles. The maximum absolute atomic E-state index is 8.25. The maximum atomic E-state index is 8.25. The molecule has 0 atom stereocenters. The molecule has 0 aromatic carbocycles. The zero-order valence-corrected chi connectivity index (χ0v) is 5.47. The quantitative estimate of drug-likeness (QED) is 0.470. The first-order chi connectivity index (χ1) is 4.29. The number of thioether (sulfide) groups is 1. The summed E-state index contributed by atoms with van der Waals surface area (Å²) in [5, 5.41) is 16.9. The molecule has 50 valence electrons. The molecule has 0 radical (unpaired) electrons. The average molecular weight is 147 g/mol. The molecule has 0 saturated carbocycles. The molecule has 0 spiro atoms. The van der Waals surface area contributed by atoms with Gasteiger partial charge in [0.1, 0.15) is 0 Å². The first-order valence-electron chi connectivity index (χ1n) is 2.49. The largest absolute Gasteiger partial charge is 0.708 e. The number of nitrogens with zero attached hydrogens (tertiary/aromatic N) is 1. The topological polar surface area (TPSA) is 62.0 Å². The van der Waals surface area contributed by atoms with E-state index >= 15 is 0 Å². The van der Waals surface area contributed by atoms with Crippen LogP contribution in [0.25, 0.3) is 0 Å². The lowest BCUT2D eigenvalue weighted by Crippen LogP contribution is -2.19. The van der Waals surface area contributed by atoms with Crippen molar-refractivity contribution in [2.75, 3.05) is 12.3 Å². The SMILES string of the molecule is OB(O)OC1=NCCS1. The molecule has 0 aliphatic carbocycles. The zero-order valence-electron chi connectivity index (χ0n) is 4.65. The van der Waals surface area contributed by atoms with Crippen molar-refractivity contribution < 1.29 is 14.7 Å². The lowest BCUT2D eigenvalue weighted by Gasteiger charge is -1.99. The van der Waals surface area contributed by atoms with E-state index in [1.165, 1.54) is 11.8 Å². The van der Waals surface area contributed by atoms with Gasteiger partial charge in [-0.2, -0.15) is 0 Å². The van der Waals surface area contributed by atoms with Crippen molar-refractivity contribution in [3.8, 4) is 0 Å². The van der Waals surface area contributed by atoms with Gasteiger partial charge in [0.05, 0.1) is 6.54 Å². The maximum Gasteiger partial charge on any atom is 0.708 e. The molecule has 6 heteroatoms. The molecule has 1 heterocycles. The minimum Gasteiger partial charge on any atom is -0.493 e. The second-order valence-electron chi connectivity index (χ2n) is 1.44. The fourth-order valence-electron chi connectivity index (χ4n) is 0.477. The first-order valence-corrected chi connectivity index (χ1v) is 3.47. The summed E-state index contributed by atoms with van der Waals surface area (Å²) >= 11 is 1.38. The summed E-state index contributed by atoms with van der Waals surface area (Å²) < 4.78 is 4.44. The monoisotopic (exact) mass is 147 g/mol. The Hall–Kier alpha value is -0.195. The highest BCUT2D eigenvalue weighted by Gasteiger charge is 2.16. The third-order valence-corrected chi connectivity index (χ3v) is 1.62. The summed E-state index contributed by atoms with van der Waals surface area (Å²) in [6, 6.07) is 0. The van der Waals surface area contributed by atoms with Crippen LogP contribution >= 0.6 is 11.8 Å². The molecule has 0 bridgehead atoms. The third-order valence-electron chi connectivity index (χ3n) is 0.764. The van der Waals surface area contributed by atoms with Gasteiger partial charge in [-0.1, -0.05) is 11.8 Å². The smallest absolute Gasteiger partial charge is 0.493 e. The molecule has 9 heavy (non-hydrogen) atoms. The standard InChI is InChI=1S/C3H6BNO3S/c6-4(7)8-3-5-1-2-9-3/h6-7H,1-2H2. The Kier molecular flexibility index (Phi) is 2.38. The lowest BCUT2D eigenvalue weighted by atomic mass is 10.3. The Labute approximate surface area is 57.1 Å². The fraction of sp³-hybridized carbons (Fsp3) is 0.667. The van der Waals surface area contributed by atoms with Crippen LogP contribution in [0.3, 0.4) is 0 Å². The second kappa shape index (κ2) is 3.10. The first kappa shape index (κ1) is 6.92. The van der Waals surface area contributed by atoms with E-state index in [4.69, 9.17) is 10.0 Å². The Morgan fingerprint density at radius 1 is 1.67 bits per heavy atom. The van der Waals surface area contributed by atoms with Crippen LogP contribution in [0.1, 0.15) is 0 Å². The molecule has 1 rings (SSSR count). The summed E-state index contributed by atoms with van der Waals surface area (Å²) in [5.74, 6) is 0.863. The highest BCUT2D eigenvalue weighted by molar-refractivity contribution is 8.13. The summed E-state index contributed by atoms with van der Waals surface area (Å²) in [6.45, 7) is 0.701. The summed E-state index contributed by atoms with van der Waals surface area (Å²) in [5.41, 5.74) is 0. The van der Waals surface area contributed by atoms with E-state index in [1.807, 2.05) is 0 Å². The number of aliphatic imine (C=N–C) groups is 1. The molecular formula is C3H6BNO3S. The molecule has 0 fully saturated rings. The van der Waals surface area contributed by atoms with Gasteiger partial charge in [-0.05, 0) is 0 Å². The van der Waals surface area contributed by atoms with Gasteiger partial charge in [0.2, 0.25) is 5.23 Å². The van der Waals surface area contributed by atoms with Gasteiger partial charge >= 0.3 is 7.32 Å². The van der Waals surface area contributed by atoms with E-state index in [2.05, 4.69) is 9.65 Å². The molecule has 0 unspecified atom stereocenters. The minimum atomic E-state index is -1.73. The highest BCUT2D eigenvalue weighted by Crippen LogP contribution is 2.11. The Balaban J connectivity index is 2.26. The Bertz CT molecular complexity index is 128. The van der Waals surface area contributed by atoms with Crippen LogP contribution in [-0.4, -0.2) is 34.9 Å². The molecule has 2 N–H and O–H groups in total. The van der Waals surface area contributed by atoms with Gasteiger partial charge in [0.15, 0.2) is 0 Å². The van der Waals surface area contributed by atoms with Crippen molar-refractivity contribution in [2.24, 2.45) is 4.99 Å². The Morgan fingerprint density at radius 3 is 2.89 bits per heavy atom. The lowest BCUT2D eigenvalue weighted by molar-refractivity contribution is 0.286. The van der Waals surface area contributed by atoms with E-state index < -0.39 is 7.32 Å². The van der Waals surface area contributed by atoms with Crippen LogP contribution in [-0.2, 0) is 4.65 Å². The van der Waals surface area contributed by atoms with Crippen LogP contribution in [0.4, 0.5) is 0 Å². The van der Waals surface area contributed by atoms with Gasteiger partial charge in [0, 0.05) is 5.75 Å². The molecule has 1 aliphatic heterocycles. The average Bonchev–Trinajstić information content (AvgIpc) is 2.15. The summed E-state index contributed by atoms with van der Waals surface area (Å²) in [6.07, 6.45) is 0. The highest BCUT2D eigenvalue weighted by atomic mass is 32.2. The van der Waals surface area contributed by atoms with Gasteiger partial charge in [-0.25, -0.2) is 4.99 Å². The van der Waals surface area contributed by atoms with Crippen molar-refractivity contribution in [1.82, 2.24) is 0 Å². The van der Waals surface area contributed by atoms with E-state index in [0.717, 1.165) is 5.75 Å². The molecule has 0 amide bonds. The van der Waals surface area contributed by atoms with Crippen LogP contribution in [0.15, 0.2) is 4.99 Å². The summed E-state index contributed by atoms with van der Waals surface area (Å²) in [4.78, 5) is 3.81. The van der Waals surface area contributed by atoms with Gasteiger partial charge in [-0.15, -0.1) is 0 Å². The van der Waals surface area contributed by atoms with Gasteiger partial charge in [-0.3, -0.25) is 0 Å². The second-order valence-corrected chi connectivity index (χ2v) is 2.49. The number of hydrogen-bond donors (Lipinski definition) is 2. The fourth-order valence-corrected chi connectivity index (χ4v) is 1.17. The van der Waals surface area contributed by atoms with Crippen molar-refractivity contribution in [2.45, 2.75) is 0 Å². The van der Waals surface area contributed by atoms with Crippen molar-refractivity contribution in [3.05, 3.63) is 0 Å². The van der Waals surface area contributed by atoms with Gasteiger partial charge in [0.25, 0.3) is 0 Å². The van der Waals surface area contributed by atoms with Crippen LogP contribution in [0.2, 0.25) is 0 Å². The molecule has 4 nitrogen and oxygen atoms in total. The molecule has 1 aliphatic rings. The molecular weight excluding hydrogens is 141 g/mol. The van der Waals surface area contributed by atoms with E-state index in [9.17, 15) is 0 Å². The van der Waals surface area contributed by atoms with Gasteiger partial charge < -0.3 is 14.7 Å². The molecule has 0 aromatic heterocycles.